The topological polar surface area (TPSA) is 38.7 Å². The molecule has 0 bridgehead atoms. The molecule has 6 aromatic rings. The molecule has 0 saturated carbocycles. The van der Waals surface area contributed by atoms with E-state index in [0.29, 0.717) is 0 Å². The van der Waals surface area contributed by atoms with Gasteiger partial charge in [-0.05, 0) is 0 Å². The second-order valence-corrected chi connectivity index (χ2v) is 11.1. The van der Waals surface area contributed by atoms with Crippen molar-refractivity contribution in [2.75, 3.05) is 0 Å². The Morgan fingerprint density at radius 3 is 0.946 bits per heavy atom. The Morgan fingerprint density at radius 2 is 0.703 bits per heavy atom. The summed E-state index contributed by atoms with van der Waals surface area (Å²) >= 11 is 9.03. The number of nitrogens with zero attached hydrogens (tertiary/aromatic N) is 3. The van der Waals surface area contributed by atoms with Crippen molar-refractivity contribution in [3.05, 3.63) is 108 Å². The summed E-state index contributed by atoms with van der Waals surface area (Å²) in [6.07, 6.45) is 5.54. The van der Waals surface area contributed by atoms with Gasteiger partial charge < -0.3 is 0 Å². The largest absolute Gasteiger partial charge is 0 e. The quantitative estimate of drug-likeness (QED) is 0.219. The third-order valence-corrected chi connectivity index (χ3v) is 7.93. The van der Waals surface area contributed by atoms with Crippen LogP contribution in [0.3, 0.4) is 0 Å². The first kappa shape index (κ1) is 29.9. The van der Waals surface area contributed by atoms with E-state index in [0.717, 1.165) is 29.9 Å². The molecule has 0 spiro atoms. The van der Waals surface area contributed by atoms with Crippen LogP contribution in [0.5, 0.6) is 0 Å². The van der Waals surface area contributed by atoms with Crippen LogP contribution in [0.15, 0.2) is 91.4 Å². The zero-order chi connectivity index (χ0) is 25.7. The van der Waals surface area contributed by atoms with Crippen LogP contribution >= 0.6 is 0 Å². The van der Waals surface area contributed by atoms with Crippen molar-refractivity contribution in [3.63, 3.8) is 0 Å². The average Bonchev–Trinajstić information content (AvgIpc) is 2.87. The Bertz CT molecular complexity index is 1350. The molecule has 7 heteroatoms. The fourth-order valence-electron chi connectivity index (χ4n) is 3.86. The van der Waals surface area contributed by atoms with E-state index in [1.165, 1.54) is 32.8 Å². The predicted octanol–water partition coefficient (Wildman–Crippen LogP) is 3.63. The van der Waals surface area contributed by atoms with E-state index in [2.05, 4.69) is 102 Å². The van der Waals surface area contributed by atoms with Gasteiger partial charge in [0.2, 0.25) is 0 Å². The van der Waals surface area contributed by atoms with Crippen LogP contribution in [-0.4, -0.2) is 89.2 Å². The molecule has 3 aromatic heterocycles. The molecule has 0 N–H and O–H groups in total. The molecule has 0 fully saturated rings. The maximum absolute atomic E-state index is 4.31. The number of para-hydroxylation sites is 3. The number of fused-ring (bicyclic) bond motifs is 3. The predicted molar refractivity (Wildman–Crippen MR) is 161 cm³/mol. The van der Waals surface area contributed by atoms with Crippen molar-refractivity contribution in [1.82, 2.24) is 15.0 Å². The van der Waals surface area contributed by atoms with Gasteiger partial charge in [0.05, 0.1) is 0 Å². The minimum absolute atomic E-state index is 0. The van der Waals surface area contributed by atoms with Crippen LogP contribution < -0.4 is 13.4 Å². The molecular formula is C30H24BiN3Se3. The van der Waals surface area contributed by atoms with Gasteiger partial charge in [0.15, 0.2) is 0 Å². The van der Waals surface area contributed by atoms with Crippen LogP contribution in [0, 0.1) is 20.8 Å². The molecule has 3 heterocycles. The van der Waals surface area contributed by atoms with Crippen LogP contribution in [0.2, 0.25) is 0 Å². The number of aromatic nitrogens is 3. The molecule has 0 saturated heterocycles. The van der Waals surface area contributed by atoms with E-state index in [1.807, 2.05) is 73.2 Å². The van der Waals surface area contributed by atoms with Gasteiger partial charge >= 0.3 is 238 Å². The first-order chi connectivity index (χ1) is 17.4. The Balaban J connectivity index is 0.000000152. The van der Waals surface area contributed by atoms with Gasteiger partial charge in [-0.1, -0.05) is 0 Å². The van der Waals surface area contributed by atoms with Gasteiger partial charge in [-0.25, -0.2) is 0 Å². The Morgan fingerprint density at radius 1 is 0.432 bits per heavy atom. The number of aryl methyl sites for hydroxylation is 3. The molecule has 3 aromatic carbocycles. The SMILES string of the molecule is Cc1ccnc2c([Se])cccc12.Cc1ccnc2c([Se])cccc12.Cc1ccnc2c([Se])cccc12.[Bi]. The first-order valence-corrected chi connectivity index (χ1v) is 14.0. The summed E-state index contributed by atoms with van der Waals surface area (Å²) in [7, 11) is 0. The molecule has 0 aliphatic heterocycles. The molecular weight excluding hydrogens is 848 g/mol. The first-order valence-electron chi connectivity index (χ1n) is 11.4. The number of hydrogen-bond acceptors (Lipinski definition) is 3. The number of pyridine rings is 3. The molecule has 0 aliphatic carbocycles. The minimum Gasteiger partial charge on any atom is 0 e. The van der Waals surface area contributed by atoms with E-state index < -0.39 is 0 Å². The number of hydrogen-bond donors (Lipinski definition) is 0. The van der Waals surface area contributed by atoms with Crippen LogP contribution in [0.25, 0.3) is 32.7 Å². The summed E-state index contributed by atoms with van der Waals surface area (Å²) in [5, 5.41) is 3.69. The third-order valence-electron chi connectivity index (χ3n) is 5.86. The fourth-order valence-corrected chi connectivity index (χ4v) is 5.38. The van der Waals surface area contributed by atoms with Crippen molar-refractivity contribution < 1.29 is 0 Å². The summed E-state index contributed by atoms with van der Waals surface area (Å²) in [5.41, 5.74) is 7.03. The monoisotopic (exact) mass is 875 g/mol. The van der Waals surface area contributed by atoms with Crippen LogP contribution in [0.1, 0.15) is 16.7 Å². The van der Waals surface area contributed by atoms with Gasteiger partial charge in [0, 0.05) is 26.2 Å². The molecule has 182 valence electrons. The van der Waals surface area contributed by atoms with Crippen molar-refractivity contribution in [3.8, 4) is 0 Å². The van der Waals surface area contributed by atoms with Crippen molar-refractivity contribution in [2.24, 2.45) is 0 Å². The van der Waals surface area contributed by atoms with Gasteiger partial charge in [-0.2, -0.15) is 0 Å². The standard InChI is InChI=1S/3C10H8NSe.Bi/c3*1-7-5-6-11-10-8(7)3-2-4-9(10)12;/h3*2-6H,1H3;. The van der Waals surface area contributed by atoms with E-state index in [1.54, 1.807) is 0 Å². The van der Waals surface area contributed by atoms with Gasteiger partial charge in [0.1, 0.15) is 0 Å². The fraction of sp³-hybridized carbons (Fsp3) is 0.100. The summed E-state index contributed by atoms with van der Waals surface area (Å²) in [4.78, 5) is 12.9. The Labute approximate surface area is 261 Å². The molecule has 37 heavy (non-hydrogen) atoms. The average molecular weight is 872 g/mol. The number of rotatable bonds is 0. The van der Waals surface area contributed by atoms with Crippen molar-refractivity contribution in [1.29, 1.82) is 0 Å². The normalized spacial score (nSPS) is 10.1. The summed E-state index contributed by atoms with van der Waals surface area (Å²) < 4.78 is 3.36. The second kappa shape index (κ2) is 13.9. The van der Waals surface area contributed by atoms with Gasteiger partial charge in [-0.15, -0.1) is 0 Å². The van der Waals surface area contributed by atoms with Gasteiger partial charge in [-0.3, -0.25) is 0 Å². The van der Waals surface area contributed by atoms with E-state index in [4.69, 9.17) is 0 Å². The molecule has 3 nitrogen and oxygen atoms in total. The maximum Gasteiger partial charge on any atom is 0 e. The van der Waals surface area contributed by atoms with Crippen LogP contribution in [0.4, 0.5) is 0 Å². The maximum atomic E-state index is 4.31. The molecule has 6 rings (SSSR count). The molecule has 0 atom stereocenters. The van der Waals surface area contributed by atoms with Crippen molar-refractivity contribution >= 4 is 120 Å². The Hall–Kier alpha value is -1.67. The van der Waals surface area contributed by atoms with E-state index in [-0.39, 0.29) is 26.2 Å². The molecule has 0 amide bonds. The van der Waals surface area contributed by atoms with E-state index in [9.17, 15) is 0 Å². The molecule has 0 unspecified atom stereocenters. The zero-order valence-corrected chi connectivity index (χ0v) is 29.3. The summed E-state index contributed by atoms with van der Waals surface area (Å²) in [6.45, 7) is 6.30. The van der Waals surface area contributed by atoms with Gasteiger partial charge in [0.25, 0.3) is 0 Å². The zero-order valence-electron chi connectivity index (χ0n) is 20.7. The smallest absolute Gasteiger partial charge is 0 e. The second-order valence-electron chi connectivity index (χ2n) is 8.34. The number of benzene rings is 3. The van der Waals surface area contributed by atoms with Crippen LogP contribution in [-0.2, 0) is 0 Å². The summed E-state index contributed by atoms with van der Waals surface area (Å²) in [6, 6.07) is 24.6. The third kappa shape index (κ3) is 7.26. The Kier molecular flexibility index (Phi) is 11.2. The van der Waals surface area contributed by atoms with E-state index >= 15 is 0 Å². The molecule has 0 aliphatic rings. The minimum atomic E-state index is 0. The van der Waals surface area contributed by atoms with Crippen molar-refractivity contribution in [2.45, 2.75) is 20.8 Å². The molecule has 6 radical (unpaired) electrons. The summed E-state index contributed by atoms with van der Waals surface area (Å²) in [5.74, 6) is 0.